The van der Waals surface area contributed by atoms with Crippen molar-refractivity contribution < 1.29 is 22.7 Å². The fourth-order valence-corrected chi connectivity index (χ4v) is 0.893. The molecule has 0 spiro atoms. The summed E-state index contributed by atoms with van der Waals surface area (Å²) in [6, 6.07) is 3.11. The van der Waals surface area contributed by atoms with E-state index in [9.17, 15) is 18.0 Å². The van der Waals surface area contributed by atoms with Crippen molar-refractivity contribution in [3.05, 3.63) is 29.6 Å². The molecule has 15 heavy (non-hydrogen) atoms. The van der Waals surface area contributed by atoms with Crippen molar-refractivity contribution >= 4 is 11.7 Å². The van der Waals surface area contributed by atoms with E-state index in [1.807, 2.05) is 0 Å². The zero-order valence-corrected chi connectivity index (χ0v) is 7.54. The van der Waals surface area contributed by atoms with E-state index < -0.39 is 24.8 Å². The van der Waals surface area contributed by atoms with E-state index in [0.717, 1.165) is 18.2 Å². The third-order valence-corrected chi connectivity index (χ3v) is 1.57. The Morgan fingerprint density at radius 1 is 1.47 bits per heavy atom. The predicted molar refractivity (Wildman–Crippen MR) is 47.1 cm³/mol. The number of nitrogens with two attached hydrogens (primary N) is 1. The second-order valence-electron chi connectivity index (χ2n) is 2.73. The Balaban J connectivity index is 2.70. The third-order valence-electron chi connectivity index (χ3n) is 1.57. The van der Waals surface area contributed by atoms with Gasteiger partial charge < -0.3 is 10.5 Å². The summed E-state index contributed by atoms with van der Waals surface area (Å²) in [5.74, 6) is -1.64. The van der Waals surface area contributed by atoms with Crippen LogP contribution in [0.1, 0.15) is 10.4 Å². The number of esters is 1. The second-order valence-corrected chi connectivity index (χ2v) is 2.73. The SMILES string of the molecule is Nc1cc(C(=O)OCC(F)F)ccc1F. The molecule has 0 fully saturated rings. The molecule has 0 aliphatic carbocycles. The summed E-state index contributed by atoms with van der Waals surface area (Å²) in [6.45, 7) is -0.990. The molecule has 0 saturated carbocycles. The van der Waals surface area contributed by atoms with Gasteiger partial charge in [-0.15, -0.1) is 0 Å². The van der Waals surface area contributed by atoms with Gasteiger partial charge in [0, 0.05) is 0 Å². The van der Waals surface area contributed by atoms with Crippen molar-refractivity contribution in [1.82, 2.24) is 0 Å². The van der Waals surface area contributed by atoms with Crippen LogP contribution in [0, 0.1) is 5.82 Å². The van der Waals surface area contributed by atoms with E-state index in [1.54, 1.807) is 0 Å². The van der Waals surface area contributed by atoms with Gasteiger partial charge in [0.25, 0.3) is 6.43 Å². The molecule has 3 nitrogen and oxygen atoms in total. The number of hydrogen-bond acceptors (Lipinski definition) is 3. The number of anilines is 1. The normalized spacial score (nSPS) is 10.4. The maximum atomic E-state index is 12.7. The first kappa shape index (κ1) is 11.4. The molecule has 0 amide bonds. The standard InChI is InChI=1S/C9H8F3NO2/c10-6-2-1-5(3-7(6)13)9(14)15-4-8(11)12/h1-3,8H,4,13H2. The minimum Gasteiger partial charge on any atom is -0.456 e. The number of rotatable bonds is 3. The van der Waals surface area contributed by atoms with E-state index in [2.05, 4.69) is 4.74 Å². The zero-order chi connectivity index (χ0) is 11.4. The molecule has 0 aliphatic rings. The van der Waals surface area contributed by atoms with Crippen molar-refractivity contribution in [2.75, 3.05) is 12.3 Å². The average molecular weight is 219 g/mol. The Labute approximate surface area is 83.6 Å². The highest BCUT2D eigenvalue weighted by molar-refractivity contribution is 5.90. The maximum absolute atomic E-state index is 12.7. The molecular formula is C9H8F3NO2. The molecule has 0 unspecified atom stereocenters. The van der Waals surface area contributed by atoms with Crippen LogP contribution < -0.4 is 5.73 Å². The van der Waals surface area contributed by atoms with E-state index in [1.165, 1.54) is 0 Å². The molecule has 1 aromatic rings. The van der Waals surface area contributed by atoms with Crippen LogP contribution in [0.4, 0.5) is 18.9 Å². The molecule has 0 aromatic heterocycles. The summed E-state index contributed by atoms with van der Waals surface area (Å²) in [6.07, 6.45) is -2.73. The van der Waals surface area contributed by atoms with Gasteiger partial charge >= 0.3 is 5.97 Å². The second kappa shape index (κ2) is 4.68. The van der Waals surface area contributed by atoms with Crippen LogP contribution in [0.3, 0.4) is 0 Å². The summed E-state index contributed by atoms with van der Waals surface area (Å²) in [5.41, 5.74) is 4.89. The van der Waals surface area contributed by atoms with E-state index >= 15 is 0 Å². The lowest BCUT2D eigenvalue weighted by atomic mass is 10.2. The molecule has 2 N–H and O–H groups in total. The van der Waals surface area contributed by atoms with E-state index in [0.29, 0.717) is 0 Å². The van der Waals surface area contributed by atoms with Crippen molar-refractivity contribution in [2.45, 2.75) is 6.43 Å². The van der Waals surface area contributed by atoms with Gasteiger partial charge in [-0.3, -0.25) is 0 Å². The summed E-state index contributed by atoms with van der Waals surface area (Å²) in [7, 11) is 0. The number of carbonyl (C=O) groups is 1. The molecule has 6 heteroatoms. The topological polar surface area (TPSA) is 52.3 Å². The van der Waals surface area contributed by atoms with Gasteiger partial charge in [-0.1, -0.05) is 0 Å². The minimum atomic E-state index is -2.73. The molecule has 0 heterocycles. The Kier molecular flexibility index (Phi) is 3.54. The van der Waals surface area contributed by atoms with Crippen molar-refractivity contribution in [3.8, 4) is 0 Å². The number of halogens is 3. The Hall–Kier alpha value is -1.72. The molecule has 1 aromatic carbocycles. The number of alkyl halides is 2. The van der Waals surface area contributed by atoms with Crippen LogP contribution in [-0.4, -0.2) is 19.0 Å². The number of ether oxygens (including phenoxy) is 1. The van der Waals surface area contributed by atoms with Gasteiger partial charge in [-0.25, -0.2) is 18.0 Å². The van der Waals surface area contributed by atoms with Gasteiger partial charge in [0.15, 0.2) is 6.61 Å². The smallest absolute Gasteiger partial charge is 0.338 e. The Morgan fingerprint density at radius 2 is 2.13 bits per heavy atom. The fourth-order valence-electron chi connectivity index (χ4n) is 0.893. The summed E-state index contributed by atoms with van der Waals surface area (Å²) < 4.78 is 40.3. The molecule has 0 atom stereocenters. The highest BCUT2D eigenvalue weighted by atomic mass is 19.3. The zero-order valence-electron chi connectivity index (χ0n) is 7.54. The van der Waals surface area contributed by atoms with Gasteiger partial charge in [0.2, 0.25) is 0 Å². The Morgan fingerprint density at radius 3 is 2.67 bits per heavy atom. The number of nitrogen functional groups attached to an aromatic ring is 1. The van der Waals surface area contributed by atoms with Crippen LogP contribution >= 0.6 is 0 Å². The van der Waals surface area contributed by atoms with Gasteiger partial charge in [0.1, 0.15) is 5.82 Å². The van der Waals surface area contributed by atoms with Crippen molar-refractivity contribution in [3.63, 3.8) is 0 Å². The summed E-state index contributed by atoms with van der Waals surface area (Å²) in [5, 5.41) is 0. The minimum absolute atomic E-state index is 0.0606. The highest BCUT2D eigenvalue weighted by Gasteiger charge is 2.12. The lowest BCUT2D eigenvalue weighted by Crippen LogP contribution is -2.12. The van der Waals surface area contributed by atoms with Crippen LogP contribution in [-0.2, 0) is 4.74 Å². The van der Waals surface area contributed by atoms with Crippen LogP contribution in [0.5, 0.6) is 0 Å². The number of carbonyl (C=O) groups excluding carboxylic acids is 1. The fraction of sp³-hybridized carbons (Fsp3) is 0.222. The molecular weight excluding hydrogens is 211 g/mol. The van der Waals surface area contributed by atoms with Gasteiger partial charge in [-0.2, -0.15) is 0 Å². The maximum Gasteiger partial charge on any atom is 0.338 e. The first-order valence-corrected chi connectivity index (χ1v) is 4.01. The largest absolute Gasteiger partial charge is 0.456 e. The summed E-state index contributed by atoms with van der Waals surface area (Å²) in [4.78, 5) is 11.1. The molecule has 1 rings (SSSR count). The van der Waals surface area contributed by atoms with Crippen LogP contribution in [0.15, 0.2) is 18.2 Å². The van der Waals surface area contributed by atoms with Crippen molar-refractivity contribution in [2.24, 2.45) is 0 Å². The van der Waals surface area contributed by atoms with Gasteiger partial charge in [0.05, 0.1) is 11.3 Å². The number of hydrogen-bond donors (Lipinski definition) is 1. The van der Waals surface area contributed by atoms with Crippen LogP contribution in [0.25, 0.3) is 0 Å². The number of benzene rings is 1. The lowest BCUT2D eigenvalue weighted by Gasteiger charge is -2.04. The van der Waals surface area contributed by atoms with Gasteiger partial charge in [-0.05, 0) is 18.2 Å². The molecule has 82 valence electrons. The molecule has 0 saturated heterocycles. The predicted octanol–water partition coefficient (Wildman–Crippen LogP) is 1.83. The van der Waals surface area contributed by atoms with Crippen LogP contribution in [0.2, 0.25) is 0 Å². The monoisotopic (exact) mass is 219 g/mol. The highest BCUT2D eigenvalue weighted by Crippen LogP contribution is 2.13. The van der Waals surface area contributed by atoms with E-state index in [4.69, 9.17) is 5.73 Å². The molecule has 0 aliphatic heterocycles. The van der Waals surface area contributed by atoms with E-state index in [-0.39, 0.29) is 11.3 Å². The van der Waals surface area contributed by atoms with Crippen molar-refractivity contribution in [1.29, 1.82) is 0 Å². The quantitative estimate of drug-likeness (QED) is 0.623. The Bertz CT molecular complexity index is 368. The average Bonchev–Trinajstić information content (AvgIpc) is 2.18. The molecule has 0 radical (unpaired) electrons. The first-order chi connectivity index (χ1) is 7.00. The first-order valence-electron chi connectivity index (χ1n) is 4.01. The molecule has 0 bridgehead atoms. The lowest BCUT2D eigenvalue weighted by molar-refractivity contribution is 0.0160. The third kappa shape index (κ3) is 3.16. The summed E-state index contributed by atoms with van der Waals surface area (Å²) >= 11 is 0.